The van der Waals surface area contributed by atoms with E-state index < -0.39 is 9.84 Å². The number of halogens is 1. The number of anilines is 1. The Bertz CT molecular complexity index is 630. The minimum atomic E-state index is -2.89. The molecule has 1 fully saturated rings. The largest absolute Gasteiger partial charge is 0.357 e. The van der Waals surface area contributed by atoms with Crippen LogP contribution in [0.15, 0.2) is 10.4 Å². The molecule has 1 unspecified atom stereocenters. The molecule has 10 heteroatoms. The Labute approximate surface area is 158 Å². The highest BCUT2D eigenvalue weighted by Gasteiger charge is 2.28. The number of nitrogens with one attached hydrogen (secondary N) is 2. The standard InChI is InChI=1S/C13H23N5O2S2.HI/c1-4-14-12(16-10-5-6-22(19,20)9-10)15-7-11-8-21-13(17-11)18(2)3;/h8,10H,4-7,9H2,1-3H3,(H2,14,15,16);1H. The lowest BCUT2D eigenvalue weighted by molar-refractivity contribution is 0.599. The molecule has 2 rings (SSSR count). The first-order valence-corrected chi connectivity index (χ1v) is 9.96. The SMILES string of the molecule is CCNC(=NCc1csc(N(C)C)n1)NC1CCS(=O)(=O)C1.I. The number of sulfone groups is 1. The van der Waals surface area contributed by atoms with Crippen molar-refractivity contribution in [2.75, 3.05) is 37.0 Å². The Morgan fingerprint density at radius 2 is 2.26 bits per heavy atom. The van der Waals surface area contributed by atoms with Crippen molar-refractivity contribution in [1.29, 1.82) is 0 Å². The van der Waals surface area contributed by atoms with Crippen LogP contribution in [-0.4, -0.2) is 57.5 Å². The van der Waals surface area contributed by atoms with Crippen LogP contribution in [0, 0.1) is 0 Å². The Balaban J connectivity index is 0.00000264. The zero-order chi connectivity index (χ0) is 16.2. The molecule has 0 spiro atoms. The van der Waals surface area contributed by atoms with E-state index in [0.29, 0.717) is 18.9 Å². The summed E-state index contributed by atoms with van der Waals surface area (Å²) in [6.07, 6.45) is 0.633. The third kappa shape index (κ3) is 6.42. The zero-order valence-electron chi connectivity index (χ0n) is 13.6. The molecule has 0 aliphatic carbocycles. The van der Waals surface area contributed by atoms with Crippen molar-refractivity contribution in [2.45, 2.75) is 25.9 Å². The topological polar surface area (TPSA) is 86.7 Å². The lowest BCUT2D eigenvalue weighted by atomic mass is 10.3. The fourth-order valence-corrected chi connectivity index (χ4v) is 4.58. The predicted molar refractivity (Wildman–Crippen MR) is 107 cm³/mol. The van der Waals surface area contributed by atoms with Gasteiger partial charge in [0.2, 0.25) is 0 Å². The van der Waals surface area contributed by atoms with E-state index in [1.807, 2.05) is 31.3 Å². The van der Waals surface area contributed by atoms with E-state index in [4.69, 9.17) is 0 Å². The van der Waals surface area contributed by atoms with Crippen LogP contribution < -0.4 is 15.5 Å². The van der Waals surface area contributed by atoms with Crippen molar-refractivity contribution >= 4 is 56.2 Å². The first-order chi connectivity index (χ1) is 10.4. The molecule has 2 N–H and O–H groups in total. The summed E-state index contributed by atoms with van der Waals surface area (Å²) in [5.74, 6) is 1.07. The van der Waals surface area contributed by atoms with Gasteiger partial charge in [0.15, 0.2) is 20.9 Å². The Morgan fingerprint density at radius 1 is 1.52 bits per heavy atom. The maximum atomic E-state index is 11.5. The highest BCUT2D eigenvalue weighted by Crippen LogP contribution is 2.18. The molecule has 0 bridgehead atoms. The first-order valence-electron chi connectivity index (χ1n) is 7.26. The van der Waals surface area contributed by atoms with Crippen LogP contribution in [0.3, 0.4) is 0 Å². The second-order valence-corrected chi connectivity index (χ2v) is 8.52. The molecule has 1 aliphatic heterocycles. The Hall–Kier alpha value is -0.620. The number of aliphatic imine (C=N–C) groups is 1. The molecule has 0 aromatic carbocycles. The molecule has 1 atom stereocenters. The van der Waals surface area contributed by atoms with Gasteiger partial charge in [-0.15, -0.1) is 35.3 Å². The van der Waals surface area contributed by atoms with Gasteiger partial charge in [0.25, 0.3) is 0 Å². The van der Waals surface area contributed by atoms with Crippen LogP contribution in [0.25, 0.3) is 0 Å². The summed E-state index contributed by atoms with van der Waals surface area (Å²) in [5.41, 5.74) is 0.907. The van der Waals surface area contributed by atoms with Crippen molar-refractivity contribution in [1.82, 2.24) is 15.6 Å². The second-order valence-electron chi connectivity index (χ2n) is 5.46. The van der Waals surface area contributed by atoms with Gasteiger partial charge >= 0.3 is 0 Å². The van der Waals surface area contributed by atoms with Gasteiger partial charge in [0, 0.05) is 32.1 Å². The number of rotatable bonds is 5. The van der Waals surface area contributed by atoms with E-state index in [-0.39, 0.29) is 41.5 Å². The number of nitrogens with zero attached hydrogens (tertiary/aromatic N) is 3. The van der Waals surface area contributed by atoms with Gasteiger partial charge in [-0.2, -0.15) is 0 Å². The van der Waals surface area contributed by atoms with E-state index in [2.05, 4.69) is 20.6 Å². The highest BCUT2D eigenvalue weighted by atomic mass is 127. The minimum absolute atomic E-state index is 0. The Morgan fingerprint density at radius 3 is 2.78 bits per heavy atom. The third-order valence-electron chi connectivity index (χ3n) is 3.24. The molecule has 2 heterocycles. The maximum absolute atomic E-state index is 11.5. The van der Waals surface area contributed by atoms with E-state index in [1.54, 1.807) is 11.3 Å². The molecule has 1 aliphatic rings. The van der Waals surface area contributed by atoms with Crippen LogP contribution in [0.4, 0.5) is 5.13 Å². The van der Waals surface area contributed by atoms with Crippen LogP contribution in [0.1, 0.15) is 19.0 Å². The second kappa shape index (κ2) is 9.02. The number of aromatic nitrogens is 1. The number of thiazole rings is 1. The summed E-state index contributed by atoms with van der Waals surface area (Å²) in [6, 6.07) is -0.0597. The van der Waals surface area contributed by atoms with Gasteiger partial charge in [-0.1, -0.05) is 0 Å². The van der Waals surface area contributed by atoms with Gasteiger partial charge in [0.05, 0.1) is 23.7 Å². The summed E-state index contributed by atoms with van der Waals surface area (Å²) in [7, 11) is 1.02. The molecule has 7 nitrogen and oxygen atoms in total. The fraction of sp³-hybridized carbons (Fsp3) is 0.692. The summed E-state index contributed by atoms with van der Waals surface area (Å²) >= 11 is 1.58. The number of hydrogen-bond acceptors (Lipinski definition) is 6. The number of hydrogen-bond donors (Lipinski definition) is 2. The molecule has 0 radical (unpaired) electrons. The molecule has 0 amide bonds. The highest BCUT2D eigenvalue weighted by molar-refractivity contribution is 14.0. The van der Waals surface area contributed by atoms with Crippen molar-refractivity contribution < 1.29 is 8.42 Å². The first kappa shape index (κ1) is 20.4. The molecule has 1 aromatic heterocycles. The lowest BCUT2D eigenvalue weighted by Crippen LogP contribution is -2.44. The van der Waals surface area contributed by atoms with E-state index in [9.17, 15) is 8.42 Å². The normalized spacial score (nSPS) is 20.0. The molecular weight excluding hydrogens is 449 g/mol. The fourth-order valence-electron chi connectivity index (χ4n) is 2.16. The van der Waals surface area contributed by atoms with Gasteiger partial charge in [-0.3, -0.25) is 0 Å². The van der Waals surface area contributed by atoms with Gasteiger partial charge < -0.3 is 15.5 Å². The van der Waals surface area contributed by atoms with Gasteiger partial charge in [-0.25, -0.2) is 18.4 Å². The minimum Gasteiger partial charge on any atom is -0.357 e. The average molecular weight is 473 g/mol. The lowest BCUT2D eigenvalue weighted by Gasteiger charge is -2.15. The smallest absolute Gasteiger partial charge is 0.191 e. The van der Waals surface area contributed by atoms with Crippen LogP contribution in [0.2, 0.25) is 0 Å². The molecule has 23 heavy (non-hydrogen) atoms. The summed E-state index contributed by atoms with van der Waals surface area (Å²) in [4.78, 5) is 10.9. The van der Waals surface area contributed by atoms with Crippen molar-refractivity contribution in [2.24, 2.45) is 4.99 Å². The van der Waals surface area contributed by atoms with Gasteiger partial charge in [0.1, 0.15) is 0 Å². The third-order valence-corrected chi connectivity index (χ3v) is 6.06. The predicted octanol–water partition coefficient (Wildman–Crippen LogP) is 1.07. The number of guanidine groups is 1. The van der Waals surface area contributed by atoms with Crippen molar-refractivity contribution in [3.63, 3.8) is 0 Å². The average Bonchev–Trinajstić information content (AvgIpc) is 3.03. The maximum Gasteiger partial charge on any atom is 0.191 e. The molecule has 132 valence electrons. The molecule has 0 saturated carbocycles. The van der Waals surface area contributed by atoms with Crippen molar-refractivity contribution in [3.8, 4) is 0 Å². The zero-order valence-corrected chi connectivity index (χ0v) is 17.5. The van der Waals surface area contributed by atoms with Crippen molar-refractivity contribution in [3.05, 3.63) is 11.1 Å². The molecular formula is C13H24IN5O2S2. The summed E-state index contributed by atoms with van der Waals surface area (Å²) in [5, 5.41) is 9.28. The van der Waals surface area contributed by atoms with E-state index in [1.165, 1.54) is 0 Å². The van der Waals surface area contributed by atoms with Crippen LogP contribution in [-0.2, 0) is 16.4 Å². The van der Waals surface area contributed by atoms with Gasteiger partial charge in [-0.05, 0) is 13.3 Å². The molecule has 1 aromatic rings. The quantitative estimate of drug-likeness (QED) is 0.378. The van der Waals surface area contributed by atoms with Crippen LogP contribution in [0.5, 0.6) is 0 Å². The van der Waals surface area contributed by atoms with E-state index in [0.717, 1.165) is 17.4 Å². The van der Waals surface area contributed by atoms with E-state index >= 15 is 0 Å². The summed E-state index contributed by atoms with van der Waals surface area (Å²) in [6.45, 7) is 3.18. The summed E-state index contributed by atoms with van der Waals surface area (Å²) < 4.78 is 23.0. The van der Waals surface area contributed by atoms with Crippen LogP contribution >= 0.6 is 35.3 Å². The Kier molecular flexibility index (Phi) is 8.01. The monoisotopic (exact) mass is 473 g/mol. The molecule has 1 saturated heterocycles.